The highest BCUT2D eigenvalue weighted by Crippen LogP contribution is 2.37. The van der Waals surface area contributed by atoms with Crippen molar-refractivity contribution in [2.45, 2.75) is 33.7 Å². The minimum Gasteiger partial charge on any atom is -0.268 e. The second-order valence-electron chi connectivity index (χ2n) is 7.69. The molecule has 0 N–H and O–H groups in total. The van der Waals surface area contributed by atoms with Crippen molar-refractivity contribution >= 4 is 12.2 Å². The van der Waals surface area contributed by atoms with Crippen molar-refractivity contribution in [1.82, 2.24) is 14.8 Å². The molecule has 126 valence electrons. The molecular formula is C22H23N3. The molecule has 25 heavy (non-hydrogen) atoms. The number of hydrogen-bond donors (Lipinski definition) is 0. The van der Waals surface area contributed by atoms with Crippen LogP contribution in [0.3, 0.4) is 0 Å². The van der Waals surface area contributed by atoms with Crippen LogP contribution in [-0.4, -0.2) is 14.8 Å². The van der Waals surface area contributed by atoms with E-state index in [9.17, 15) is 0 Å². The molecule has 3 nitrogen and oxygen atoms in total. The summed E-state index contributed by atoms with van der Waals surface area (Å²) in [6.45, 7) is 7.70. The lowest BCUT2D eigenvalue weighted by molar-refractivity contribution is 0.347. The average Bonchev–Trinajstić information content (AvgIpc) is 3.07. The van der Waals surface area contributed by atoms with E-state index in [4.69, 9.17) is 5.10 Å². The van der Waals surface area contributed by atoms with Gasteiger partial charge in [0, 0.05) is 35.8 Å². The van der Waals surface area contributed by atoms with E-state index < -0.39 is 0 Å². The molecule has 0 amide bonds. The summed E-state index contributed by atoms with van der Waals surface area (Å²) < 4.78 is 2.19. The first-order valence-electron chi connectivity index (χ1n) is 8.77. The van der Waals surface area contributed by atoms with E-state index in [1.54, 1.807) is 0 Å². The number of hydrogen-bond acceptors (Lipinski definition) is 2. The first-order valence-corrected chi connectivity index (χ1v) is 8.77. The molecule has 0 bridgehead atoms. The zero-order valence-corrected chi connectivity index (χ0v) is 15.0. The largest absolute Gasteiger partial charge is 0.268 e. The summed E-state index contributed by atoms with van der Waals surface area (Å²) in [7, 11) is 0. The van der Waals surface area contributed by atoms with E-state index in [1.165, 1.54) is 22.4 Å². The Morgan fingerprint density at radius 1 is 1.00 bits per heavy atom. The SMILES string of the molecule is Cc1ccc(/C=C/c2c(-c3ccncc3)nn3c2CC(C)(C)C3)cc1. The second kappa shape index (κ2) is 5.99. The fraction of sp³-hybridized carbons (Fsp3) is 0.273. The standard InChI is InChI=1S/C22H23N3/c1-16-4-6-17(7-5-16)8-9-19-20-14-22(2,3)15-25(20)24-21(19)18-10-12-23-13-11-18/h4-13H,14-15H2,1-3H3/b9-8+. The van der Waals surface area contributed by atoms with Crippen molar-refractivity contribution in [3.8, 4) is 11.3 Å². The molecule has 3 heterocycles. The molecule has 4 rings (SSSR count). The smallest absolute Gasteiger partial charge is 0.0999 e. The molecule has 3 aromatic rings. The average molecular weight is 329 g/mol. The highest BCUT2D eigenvalue weighted by molar-refractivity contribution is 5.80. The van der Waals surface area contributed by atoms with Crippen molar-refractivity contribution in [1.29, 1.82) is 0 Å². The molecule has 0 spiro atoms. The predicted octanol–water partition coefficient (Wildman–Crippen LogP) is 5.01. The summed E-state index contributed by atoms with van der Waals surface area (Å²) in [4.78, 5) is 4.14. The molecule has 2 aromatic heterocycles. The molecule has 1 aliphatic heterocycles. The van der Waals surface area contributed by atoms with Crippen LogP contribution >= 0.6 is 0 Å². The summed E-state index contributed by atoms with van der Waals surface area (Å²) in [5.74, 6) is 0. The number of rotatable bonds is 3. The summed E-state index contributed by atoms with van der Waals surface area (Å²) in [6.07, 6.45) is 9.13. The Hall–Kier alpha value is -2.68. The zero-order chi connectivity index (χ0) is 17.4. The van der Waals surface area contributed by atoms with Crippen molar-refractivity contribution in [3.63, 3.8) is 0 Å². The van der Waals surface area contributed by atoms with E-state index in [1.807, 2.05) is 24.5 Å². The Kier molecular flexibility index (Phi) is 3.79. The van der Waals surface area contributed by atoms with Gasteiger partial charge in [-0.2, -0.15) is 5.10 Å². The molecule has 0 aliphatic carbocycles. The summed E-state index contributed by atoms with van der Waals surface area (Å²) in [6, 6.07) is 12.7. The minimum atomic E-state index is 0.269. The summed E-state index contributed by atoms with van der Waals surface area (Å²) in [5.41, 5.74) is 7.50. The lowest BCUT2D eigenvalue weighted by Gasteiger charge is -2.15. The van der Waals surface area contributed by atoms with Crippen LogP contribution in [0, 0.1) is 12.3 Å². The number of fused-ring (bicyclic) bond motifs is 1. The van der Waals surface area contributed by atoms with Crippen LogP contribution in [0.4, 0.5) is 0 Å². The van der Waals surface area contributed by atoms with E-state index in [0.29, 0.717) is 0 Å². The molecule has 1 aromatic carbocycles. The minimum absolute atomic E-state index is 0.269. The van der Waals surface area contributed by atoms with Gasteiger partial charge >= 0.3 is 0 Å². The third kappa shape index (κ3) is 3.14. The summed E-state index contributed by atoms with van der Waals surface area (Å²) in [5, 5.41) is 4.92. The molecule has 0 unspecified atom stereocenters. The van der Waals surface area contributed by atoms with Gasteiger partial charge in [-0.15, -0.1) is 0 Å². The lowest BCUT2D eigenvalue weighted by atomic mass is 9.89. The number of benzene rings is 1. The third-order valence-corrected chi connectivity index (χ3v) is 4.80. The van der Waals surface area contributed by atoms with Gasteiger partial charge < -0.3 is 0 Å². The van der Waals surface area contributed by atoms with Gasteiger partial charge in [-0.3, -0.25) is 9.67 Å². The monoisotopic (exact) mass is 329 g/mol. The highest BCUT2D eigenvalue weighted by Gasteiger charge is 2.32. The van der Waals surface area contributed by atoms with Gasteiger partial charge in [0.1, 0.15) is 0 Å². The molecule has 3 heteroatoms. The Labute approximate surface area is 149 Å². The molecule has 0 atom stereocenters. The van der Waals surface area contributed by atoms with Crippen LogP contribution in [0.1, 0.15) is 36.2 Å². The number of aromatic nitrogens is 3. The predicted molar refractivity (Wildman–Crippen MR) is 103 cm³/mol. The van der Waals surface area contributed by atoms with E-state index in [-0.39, 0.29) is 5.41 Å². The third-order valence-electron chi connectivity index (χ3n) is 4.80. The normalized spacial score (nSPS) is 15.6. The number of nitrogens with zero attached hydrogens (tertiary/aromatic N) is 3. The molecule has 0 saturated heterocycles. The maximum absolute atomic E-state index is 4.92. The first kappa shape index (κ1) is 15.8. The molecule has 0 radical (unpaired) electrons. The summed E-state index contributed by atoms with van der Waals surface area (Å²) >= 11 is 0. The lowest BCUT2D eigenvalue weighted by Crippen LogP contribution is -2.13. The zero-order valence-electron chi connectivity index (χ0n) is 15.0. The van der Waals surface area contributed by atoms with Gasteiger partial charge in [0.2, 0.25) is 0 Å². The van der Waals surface area contributed by atoms with Crippen LogP contribution in [-0.2, 0) is 13.0 Å². The molecule has 0 saturated carbocycles. The van der Waals surface area contributed by atoms with Crippen molar-refractivity contribution in [3.05, 3.63) is 71.2 Å². The maximum Gasteiger partial charge on any atom is 0.0999 e. The van der Waals surface area contributed by atoms with Gasteiger partial charge in [0.05, 0.1) is 5.69 Å². The van der Waals surface area contributed by atoms with E-state index in [0.717, 1.165) is 24.2 Å². The van der Waals surface area contributed by atoms with Crippen molar-refractivity contribution < 1.29 is 0 Å². The molecular weight excluding hydrogens is 306 g/mol. The Morgan fingerprint density at radius 2 is 1.72 bits per heavy atom. The van der Waals surface area contributed by atoms with Crippen LogP contribution in [0.5, 0.6) is 0 Å². The van der Waals surface area contributed by atoms with Crippen LogP contribution in [0.2, 0.25) is 0 Å². The van der Waals surface area contributed by atoms with Gasteiger partial charge in [-0.05, 0) is 36.5 Å². The number of pyridine rings is 1. The first-order chi connectivity index (χ1) is 12.0. The van der Waals surface area contributed by atoms with Crippen LogP contribution in [0.15, 0.2) is 48.8 Å². The second-order valence-corrected chi connectivity index (χ2v) is 7.69. The van der Waals surface area contributed by atoms with E-state index in [2.05, 4.69) is 66.9 Å². The van der Waals surface area contributed by atoms with Gasteiger partial charge in [-0.1, -0.05) is 55.8 Å². The van der Waals surface area contributed by atoms with Crippen LogP contribution < -0.4 is 0 Å². The topological polar surface area (TPSA) is 30.7 Å². The molecule has 1 aliphatic rings. The number of aryl methyl sites for hydroxylation is 1. The maximum atomic E-state index is 4.92. The van der Waals surface area contributed by atoms with Gasteiger partial charge in [0.25, 0.3) is 0 Å². The van der Waals surface area contributed by atoms with Gasteiger partial charge in [0.15, 0.2) is 0 Å². The highest BCUT2D eigenvalue weighted by atomic mass is 15.3. The van der Waals surface area contributed by atoms with Crippen molar-refractivity contribution in [2.24, 2.45) is 5.41 Å². The fourth-order valence-electron chi connectivity index (χ4n) is 3.50. The Morgan fingerprint density at radius 3 is 2.44 bits per heavy atom. The van der Waals surface area contributed by atoms with Crippen LogP contribution in [0.25, 0.3) is 23.4 Å². The van der Waals surface area contributed by atoms with Crippen molar-refractivity contribution in [2.75, 3.05) is 0 Å². The fourth-order valence-corrected chi connectivity index (χ4v) is 3.50. The van der Waals surface area contributed by atoms with Gasteiger partial charge in [-0.25, -0.2) is 0 Å². The Balaban J connectivity index is 1.78. The Bertz CT molecular complexity index is 916. The molecule has 0 fully saturated rings. The van der Waals surface area contributed by atoms with E-state index >= 15 is 0 Å². The quantitative estimate of drug-likeness (QED) is 0.676.